The standard InChI is InChI=1S/C26H14F6/c27-21-2-1-3-22(28)20(21)10-6-15-4-7-16(8-5-15)17-9-11-19(23(29)12-17)18-13-24(30)26(32)25(31)14-18/h1-2,4-5,7-9,11-14,22H,3H2. The van der Waals surface area contributed by atoms with Crippen molar-refractivity contribution < 1.29 is 26.3 Å². The van der Waals surface area contributed by atoms with Crippen LogP contribution in [0.4, 0.5) is 26.3 Å². The summed E-state index contributed by atoms with van der Waals surface area (Å²) in [4.78, 5) is 0. The van der Waals surface area contributed by atoms with Gasteiger partial charge in [0.1, 0.15) is 17.8 Å². The molecule has 0 aliphatic heterocycles. The van der Waals surface area contributed by atoms with Crippen molar-refractivity contribution in [2.75, 3.05) is 0 Å². The minimum Gasteiger partial charge on any atom is -0.241 e. The first kappa shape index (κ1) is 21.5. The first-order valence-corrected chi connectivity index (χ1v) is 9.60. The third-order valence-electron chi connectivity index (χ3n) is 5.00. The zero-order valence-corrected chi connectivity index (χ0v) is 16.4. The normalized spacial score (nSPS) is 15.5. The van der Waals surface area contributed by atoms with E-state index in [1.165, 1.54) is 24.3 Å². The first-order chi connectivity index (χ1) is 15.3. The Labute approximate surface area is 180 Å². The van der Waals surface area contributed by atoms with Crippen molar-refractivity contribution in [2.45, 2.75) is 12.6 Å². The minimum atomic E-state index is -1.62. The van der Waals surface area contributed by atoms with Gasteiger partial charge in [-0.3, -0.25) is 0 Å². The zero-order chi connectivity index (χ0) is 22.8. The van der Waals surface area contributed by atoms with Crippen LogP contribution in [0.5, 0.6) is 0 Å². The van der Waals surface area contributed by atoms with Gasteiger partial charge in [0, 0.05) is 17.5 Å². The van der Waals surface area contributed by atoms with Gasteiger partial charge in [-0.1, -0.05) is 42.2 Å². The van der Waals surface area contributed by atoms with Gasteiger partial charge in [0.05, 0.1) is 5.57 Å². The average Bonchev–Trinajstić information content (AvgIpc) is 2.77. The number of benzene rings is 3. The molecular weight excluding hydrogens is 426 g/mol. The van der Waals surface area contributed by atoms with Gasteiger partial charge in [0.25, 0.3) is 0 Å². The highest BCUT2D eigenvalue weighted by Gasteiger charge is 2.18. The number of rotatable bonds is 2. The SMILES string of the molecule is FC1=C(C#Cc2ccc(-c3ccc(-c4cc(F)c(F)c(F)c4)c(F)c3)cc2)C(F)CC=C1. The van der Waals surface area contributed by atoms with Crippen LogP contribution in [0, 0.1) is 35.1 Å². The maximum atomic E-state index is 14.6. The molecule has 3 aromatic carbocycles. The number of hydrogen-bond acceptors (Lipinski definition) is 0. The highest BCUT2D eigenvalue weighted by Crippen LogP contribution is 2.30. The third kappa shape index (κ3) is 4.33. The monoisotopic (exact) mass is 440 g/mol. The second-order valence-electron chi connectivity index (χ2n) is 7.14. The molecule has 3 aromatic rings. The first-order valence-electron chi connectivity index (χ1n) is 9.60. The van der Waals surface area contributed by atoms with Crippen LogP contribution in [0.3, 0.4) is 0 Å². The Morgan fingerprint density at radius 2 is 1.31 bits per heavy atom. The average molecular weight is 440 g/mol. The largest absolute Gasteiger partial charge is 0.241 e. The molecular formula is C26H14F6. The summed E-state index contributed by atoms with van der Waals surface area (Å²) >= 11 is 0. The van der Waals surface area contributed by atoms with Crippen molar-refractivity contribution in [2.24, 2.45) is 0 Å². The third-order valence-corrected chi connectivity index (χ3v) is 5.00. The van der Waals surface area contributed by atoms with Crippen molar-refractivity contribution in [1.82, 2.24) is 0 Å². The van der Waals surface area contributed by atoms with E-state index in [0.717, 1.165) is 12.1 Å². The van der Waals surface area contributed by atoms with Gasteiger partial charge in [-0.25, -0.2) is 26.3 Å². The fourth-order valence-corrected chi connectivity index (χ4v) is 3.31. The van der Waals surface area contributed by atoms with E-state index in [4.69, 9.17) is 0 Å². The Morgan fingerprint density at radius 1 is 0.688 bits per heavy atom. The van der Waals surface area contributed by atoms with Crippen molar-refractivity contribution >= 4 is 0 Å². The molecule has 0 heterocycles. The van der Waals surface area contributed by atoms with E-state index < -0.39 is 35.3 Å². The molecule has 0 nitrogen and oxygen atoms in total. The fraction of sp³-hybridized carbons (Fsp3) is 0.0769. The molecule has 160 valence electrons. The van der Waals surface area contributed by atoms with Crippen LogP contribution in [0.15, 0.2) is 78.1 Å². The lowest BCUT2D eigenvalue weighted by Gasteiger charge is -2.09. The molecule has 4 rings (SSSR count). The molecule has 0 bridgehead atoms. The predicted octanol–water partition coefficient (Wildman–Crippen LogP) is 7.45. The van der Waals surface area contributed by atoms with Crippen LogP contribution in [0.2, 0.25) is 0 Å². The van der Waals surface area contributed by atoms with Gasteiger partial charge in [0.15, 0.2) is 17.5 Å². The molecule has 0 fully saturated rings. The molecule has 1 atom stereocenters. The summed E-state index contributed by atoms with van der Waals surface area (Å²) in [5, 5.41) is 0. The summed E-state index contributed by atoms with van der Waals surface area (Å²) in [5.41, 5.74) is 1.25. The Morgan fingerprint density at radius 3 is 1.94 bits per heavy atom. The Bertz CT molecular complexity index is 1280. The van der Waals surface area contributed by atoms with Gasteiger partial charge in [-0.05, 0) is 53.1 Å². The maximum absolute atomic E-state index is 14.6. The van der Waals surface area contributed by atoms with E-state index in [1.807, 2.05) is 0 Å². The smallest absolute Gasteiger partial charge is 0.194 e. The van der Waals surface area contributed by atoms with Crippen molar-refractivity contribution in [3.05, 3.63) is 107 Å². The second-order valence-corrected chi connectivity index (χ2v) is 7.14. The van der Waals surface area contributed by atoms with Gasteiger partial charge in [-0.15, -0.1) is 0 Å². The lowest BCUT2D eigenvalue weighted by Crippen LogP contribution is -2.06. The van der Waals surface area contributed by atoms with Gasteiger partial charge in [-0.2, -0.15) is 0 Å². The summed E-state index contributed by atoms with van der Waals surface area (Å²) in [6.07, 6.45) is 1.20. The second kappa shape index (κ2) is 8.80. The predicted molar refractivity (Wildman–Crippen MR) is 111 cm³/mol. The number of hydrogen-bond donors (Lipinski definition) is 0. The minimum absolute atomic E-state index is 0.0772. The van der Waals surface area contributed by atoms with E-state index >= 15 is 0 Å². The molecule has 1 aliphatic rings. The summed E-state index contributed by atoms with van der Waals surface area (Å²) < 4.78 is 82.2. The quantitative estimate of drug-likeness (QED) is 0.221. The van der Waals surface area contributed by atoms with Crippen molar-refractivity contribution in [1.29, 1.82) is 0 Å². The lowest BCUT2D eigenvalue weighted by atomic mass is 9.98. The van der Waals surface area contributed by atoms with E-state index in [2.05, 4.69) is 11.8 Å². The lowest BCUT2D eigenvalue weighted by molar-refractivity contribution is 0.380. The summed E-state index contributed by atoms with van der Waals surface area (Å²) in [7, 11) is 0. The van der Waals surface area contributed by atoms with E-state index in [-0.39, 0.29) is 23.1 Å². The molecule has 0 aromatic heterocycles. The number of halogens is 6. The molecule has 0 amide bonds. The molecule has 32 heavy (non-hydrogen) atoms. The maximum Gasteiger partial charge on any atom is 0.194 e. The Kier molecular flexibility index (Phi) is 5.91. The molecule has 6 heteroatoms. The van der Waals surface area contributed by atoms with Crippen LogP contribution in [-0.4, -0.2) is 6.17 Å². The van der Waals surface area contributed by atoms with E-state index in [0.29, 0.717) is 16.7 Å². The molecule has 0 saturated heterocycles. The molecule has 1 unspecified atom stereocenters. The van der Waals surface area contributed by atoms with Crippen molar-refractivity contribution in [3.63, 3.8) is 0 Å². The van der Waals surface area contributed by atoms with Crippen LogP contribution in [-0.2, 0) is 0 Å². The number of allylic oxidation sites excluding steroid dienone is 4. The van der Waals surface area contributed by atoms with Crippen LogP contribution < -0.4 is 0 Å². The molecule has 0 radical (unpaired) electrons. The zero-order valence-electron chi connectivity index (χ0n) is 16.4. The van der Waals surface area contributed by atoms with Gasteiger partial charge < -0.3 is 0 Å². The molecule has 0 spiro atoms. The fourth-order valence-electron chi connectivity index (χ4n) is 3.31. The topological polar surface area (TPSA) is 0 Å². The Hall–Kier alpha value is -3.72. The van der Waals surface area contributed by atoms with Gasteiger partial charge in [0.2, 0.25) is 0 Å². The van der Waals surface area contributed by atoms with E-state index in [9.17, 15) is 26.3 Å². The molecule has 1 aliphatic carbocycles. The highest BCUT2D eigenvalue weighted by molar-refractivity contribution is 5.71. The van der Waals surface area contributed by atoms with Crippen LogP contribution >= 0.6 is 0 Å². The number of alkyl halides is 1. The highest BCUT2D eigenvalue weighted by atomic mass is 19.2. The summed E-state index contributed by atoms with van der Waals surface area (Å²) in [6, 6.07) is 12.1. The summed E-state index contributed by atoms with van der Waals surface area (Å²) in [5.74, 6) is -0.612. The van der Waals surface area contributed by atoms with Crippen LogP contribution in [0.1, 0.15) is 12.0 Å². The molecule has 0 N–H and O–H groups in total. The van der Waals surface area contributed by atoms with E-state index in [1.54, 1.807) is 30.3 Å². The van der Waals surface area contributed by atoms with Gasteiger partial charge >= 0.3 is 0 Å². The van der Waals surface area contributed by atoms with Crippen molar-refractivity contribution in [3.8, 4) is 34.1 Å². The molecule has 0 saturated carbocycles. The van der Waals surface area contributed by atoms with Crippen LogP contribution in [0.25, 0.3) is 22.3 Å². The summed E-state index contributed by atoms with van der Waals surface area (Å²) in [6.45, 7) is 0. The Balaban J connectivity index is 1.59.